The first-order chi connectivity index (χ1) is 9.35. The quantitative estimate of drug-likeness (QED) is 0.873. The second-order valence-electron chi connectivity index (χ2n) is 5.29. The zero-order chi connectivity index (χ0) is 13.1. The molecule has 1 aromatic carbocycles. The Morgan fingerprint density at radius 3 is 2.58 bits per heavy atom. The first kappa shape index (κ1) is 12.9. The largest absolute Gasteiger partial charge is 0.326 e. The summed E-state index contributed by atoms with van der Waals surface area (Å²) in [5.41, 5.74) is 9.76. The Bertz CT molecular complexity index is 517. The van der Waals surface area contributed by atoms with Crippen LogP contribution in [0.15, 0.2) is 41.1 Å². The van der Waals surface area contributed by atoms with Crippen LogP contribution < -0.4 is 5.73 Å². The molecule has 1 saturated carbocycles. The van der Waals surface area contributed by atoms with Crippen LogP contribution in [0.5, 0.6) is 0 Å². The minimum Gasteiger partial charge on any atom is -0.326 e. The van der Waals surface area contributed by atoms with Gasteiger partial charge in [-0.25, -0.2) is 0 Å². The van der Waals surface area contributed by atoms with Crippen LogP contribution in [0.2, 0.25) is 0 Å². The summed E-state index contributed by atoms with van der Waals surface area (Å²) in [6.07, 6.45) is 2.70. The Labute approximate surface area is 118 Å². The Balaban J connectivity index is 1.70. The van der Waals surface area contributed by atoms with Gasteiger partial charge in [-0.15, -0.1) is 0 Å². The highest BCUT2D eigenvalue weighted by Gasteiger charge is 2.28. The minimum absolute atomic E-state index is 0.627. The Hall–Kier alpha value is -1.16. The third kappa shape index (κ3) is 3.44. The van der Waals surface area contributed by atoms with Crippen molar-refractivity contribution >= 4 is 11.3 Å². The van der Waals surface area contributed by atoms with Crippen LogP contribution >= 0.6 is 11.3 Å². The monoisotopic (exact) mass is 272 g/mol. The van der Waals surface area contributed by atoms with Gasteiger partial charge in [-0.05, 0) is 46.4 Å². The molecule has 1 aliphatic rings. The molecule has 2 N–H and O–H groups in total. The molecular formula is C16H20N2S. The van der Waals surface area contributed by atoms with Crippen LogP contribution in [-0.4, -0.2) is 10.9 Å². The van der Waals surface area contributed by atoms with Gasteiger partial charge < -0.3 is 5.73 Å². The maximum atomic E-state index is 5.72. The highest BCUT2D eigenvalue weighted by Crippen LogP contribution is 2.30. The van der Waals surface area contributed by atoms with Crippen LogP contribution in [0.25, 0.3) is 0 Å². The molecule has 0 aliphatic heterocycles. The van der Waals surface area contributed by atoms with E-state index in [2.05, 4.69) is 46.0 Å². The van der Waals surface area contributed by atoms with Gasteiger partial charge in [0.15, 0.2) is 0 Å². The van der Waals surface area contributed by atoms with E-state index in [4.69, 9.17) is 5.73 Å². The first-order valence-corrected chi connectivity index (χ1v) is 7.82. The molecule has 100 valence electrons. The van der Waals surface area contributed by atoms with Crippen molar-refractivity contribution in [3.8, 4) is 0 Å². The van der Waals surface area contributed by atoms with E-state index in [1.165, 1.54) is 29.5 Å². The molecule has 0 amide bonds. The Kier molecular flexibility index (Phi) is 3.97. The van der Waals surface area contributed by atoms with Gasteiger partial charge in [0.05, 0.1) is 0 Å². The maximum absolute atomic E-state index is 5.72. The van der Waals surface area contributed by atoms with Crippen LogP contribution in [0, 0.1) is 0 Å². The summed E-state index contributed by atoms with van der Waals surface area (Å²) < 4.78 is 0. The number of rotatable bonds is 6. The fourth-order valence-corrected chi connectivity index (χ4v) is 3.12. The van der Waals surface area contributed by atoms with Crippen LogP contribution in [-0.2, 0) is 19.6 Å². The lowest BCUT2D eigenvalue weighted by atomic mass is 10.1. The average Bonchev–Trinajstić information content (AvgIpc) is 3.17. The molecule has 0 bridgehead atoms. The number of nitrogens with two attached hydrogens (primary N) is 1. The predicted octanol–water partition coefficient (Wildman–Crippen LogP) is 3.37. The SMILES string of the molecule is NCc1cccc(CN(Cc2ccsc2)C2CC2)c1. The Morgan fingerprint density at radius 1 is 1.11 bits per heavy atom. The van der Waals surface area contributed by atoms with Crippen molar-refractivity contribution in [3.63, 3.8) is 0 Å². The summed E-state index contributed by atoms with van der Waals surface area (Å²) in [6.45, 7) is 2.73. The van der Waals surface area contributed by atoms with Crippen molar-refractivity contribution in [2.24, 2.45) is 5.73 Å². The molecule has 19 heavy (non-hydrogen) atoms. The standard InChI is InChI=1S/C16H20N2S/c17-9-13-2-1-3-14(8-13)10-18(16-4-5-16)11-15-6-7-19-12-15/h1-3,6-8,12,16H,4-5,9-11,17H2. The van der Waals surface area contributed by atoms with Crippen molar-refractivity contribution in [2.75, 3.05) is 0 Å². The van der Waals surface area contributed by atoms with Crippen molar-refractivity contribution in [1.82, 2.24) is 4.90 Å². The summed E-state index contributed by atoms with van der Waals surface area (Å²) in [5, 5.41) is 4.42. The summed E-state index contributed by atoms with van der Waals surface area (Å²) in [7, 11) is 0. The third-order valence-corrected chi connectivity index (χ3v) is 4.37. The molecular weight excluding hydrogens is 252 g/mol. The molecule has 3 rings (SSSR count). The van der Waals surface area contributed by atoms with Gasteiger partial charge in [-0.3, -0.25) is 4.90 Å². The molecule has 0 radical (unpaired) electrons. The minimum atomic E-state index is 0.627. The fraction of sp³-hybridized carbons (Fsp3) is 0.375. The molecule has 1 fully saturated rings. The predicted molar refractivity (Wildman–Crippen MR) is 80.9 cm³/mol. The number of hydrogen-bond acceptors (Lipinski definition) is 3. The third-order valence-electron chi connectivity index (χ3n) is 3.64. The highest BCUT2D eigenvalue weighted by molar-refractivity contribution is 7.07. The van der Waals surface area contributed by atoms with E-state index in [0.717, 1.165) is 19.1 Å². The van der Waals surface area contributed by atoms with Gasteiger partial charge in [-0.2, -0.15) is 11.3 Å². The van der Waals surface area contributed by atoms with E-state index < -0.39 is 0 Å². The normalized spacial score (nSPS) is 15.1. The van der Waals surface area contributed by atoms with Gasteiger partial charge in [-0.1, -0.05) is 24.3 Å². The van der Waals surface area contributed by atoms with Crippen molar-refractivity contribution in [2.45, 2.75) is 38.5 Å². The fourth-order valence-electron chi connectivity index (χ4n) is 2.46. The lowest BCUT2D eigenvalue weighted by Crippen LogP contribution is -2.24. The highest BCUT2D eigenvalue weighted by atomic mass is 32.1. The molecule has 0 unspecified atom stereocenters. The topological polar surface area (TPSA) is 29.3 Å². The second-order valence-corrected chi connectivity index (χ2v) is 6.07. The van der Waals surface area contributed by atoms with Gasteiger partial charge in [0.25, 0.3) is 0 Å². The summed E-state index contributed by atoms with van der Waals surface area (Å²) in [5.74, 6) is 0. The zero-order valence-electron chi connectivity index (χ0n) is 11.1. The van der Waals surface area contributed by atoms with Gasteiger partial charge in [0.1, 0.15) is 0 Å². The number of benzene rings is 1. The van der Waals surface area contributed by atoms with E-state index in [1.54, 1.807) is 11.3 Å². The van der Waals surface area contributed by atoms with Crippen LogP contribution in [0.4, 0.5) is 0 Å². The lowest BCUT2D eigenvalue weighted by Gasteiger charge is -2.22. The van der Waals surface area contributed by atoms with E-state index in [0.29, 0.717) is 6.54 Å². The van der Waals surface area contributed by atoms with Gasteiger partial charge in [0, 0.05) is 25.7 Å². The molecule has 0 saturated heterocycles. The van der Waals surface area contributed by atoms with Crippen molar-refractivity contribution < 1.29 is 0 Å². The van der Waals surface area contributed by atoms with Gasteiger partial charge in [0.2, 0.25) is 0 Å². The summed E-state index contributed by atoms with van der Waals surface area (Å²) in [4.78, 5) is 2.59. The molecule has 2 aromatic rings. The van der Waals surface area contributed by atoms with Crippen LogP contribution in [0.3, 0.4) is 0 Å². The number of thiophene rings is 1. The maximum Gasteiger partial charge on any atom is 0.0248 e. The smallest absolute Gasteiger partial charge is 0.0248 e. The number of nitrogens with zero attached hydrogens (tertiary/aromatic N) is 1. The Morgan fingerprint density at radius 2 is 1.89 bits per heavy atom. The van der Waals surface area contributed by atoms with E-state index >= 15 is 0 Å². The van der Waals surface area contributed by atoms with Crippen molar-refractivity contribution in [1.29, 1.82) is 0 Å². The second kappa shape index (κ2) is 5.87. The molecule has 1 heterocycles. The molecule has 0 spiro atoms. The van der Waals surface area contributed by atoms with Crippen molar-refractivity contribution in [3.05, 3.63) is 57.8 Å². The van der Waals surface area contributed by atoms with Gasteiger partial charge >= 0.3 is 0 Å². The zero-order valence-corrected chi connectivity index (χ0v) is 11.9. The lowest BCUT2D eigenvalue weighted by molar-refractivity contribution is 0.246. The molecule has 1 aromatic heterocycles. The van der Waals surface area contributed by atoms with E-state index in [1.807, 2.05) is 0 Å². The summed E-state index contributed by atoms with van der Waals surface area (Å²) in [6, 6.07) is 11.7. The molecule has 2 nitrogen and oxygen atoms in total. The first-order valence-electron chi connectivity index (χ1n) is 6.88. The van der Waals surface area contributed by atoms with E-state index in [9.17, 15) is 0 Å². The van der Waals surface area contributed by atoms with Crippen LogP contribution in [0.1, 0.15) is 29.5 Å². The van der Waals surface area contributed by atoms with E-state index in [-0.39, 0.29) is 0 Å². The number of hydrogen-bond donors (Lipinski definition) is 1. The molecule has 0 atom stereocenters. The molecule has 1 aliphatic carbocycles. The summed E-state index contributed by atoms with van der Waals surface area (Å²) >= 11 is 1.78. The average molecular weight is 272 g/mol. The molecule has 3 heteroatoms.